The minimum atomic E-state index is -4.76. The summed E-state index contributed by atoms with van der Waals surface area (Å²) < 4.78 is 42.6. The minimum Gasteiger partial charge on any atom is -0.406 e. The maximum absolute atomic E-state index is 12.8. The molecule has 4 rings (SSSR count). The van der Waals surface area contributed by atoms with Crippen molar-refractivity contribution >= 4 is 24.1 Å². The van der Waals surface area contributed by atoms with Gasteiger partial charge in [0.2, 0.25) is 12.4 Å². The lowest BCUT2D eigenvalue weighted by atomic mass is 10.0. The second-order valence-corrected chi connectivity index (χ2v) is 10.0. The first-order chi connectivity index (χ1) is 21.6. The number of nitrogens with zero attached hydrogens (tertiary/aromatic N) is 5. The van der Waals surface area contributed by atoms with E-state index in [0.29, 0.717) is 43.1 Å². The van der Waals surface area contributed by atoms with Gasteiger partial charge in [-0.25, -0.2) is 14.5 Å². The third kappa shape index (κ3) is 9.15. The Morgan fingerprint density at radius 2 is 1.78 bits per heavy atom. The predicted octanol–water partition coefficient (Wildman–Crippen LogP) is 5.97. The Bertz CT molecular complexity index is 1620. The number of halogens is 3. The van der Waals surface area contributed by atoms with Crippen molar-refractivity contribution in [1.29, 1.82) is 0 Å². The van der Waals surface area contributed by atoms with Crippen LogP contribution >= 0.6 is 0 Å². The number of urea groups is 1. The summed E-state index contributed by atoms with van der Waals surface area (Å²) in [5.41, 5.74) is 4.88. The van der Waals surface area contributed by atoms with E-state index in [9.17, 15) is 22.8 Å². The van der Waals surface area contributed by atoms with Gasteiger partial charge < -0.3 is 10.1 Å². The summed E-state index contributed by atoms with van der Waals surface area (Å²) in [5.74, 6) is 0.262. The fourth-order valence-corrected chi connectivity index (χ4v) is 4.53. The Kier molecular flexibility index (Phi) is 10.9. The average molecular weight is 622 g/mol. The molecule has 236 valence electrons. The number of aromatic nitrogens is 3. The zero-order chi connectivity index (χ0) is 32.4. The van der Waals surface area contributed by atoms with Crippen LogP contribution in [0, 0.1) is 6.92 Å². The van der Waals surface area contributed by atoms with Crippen molar-refractivity contribution in [3.63, 3.8) is 0 Å². The maximum atomic E-state index is 12.8. The highest BCUT2D eigenvalue weighted by molar-refractivity contribution is 6.14. The van der Waals surface area contributed by atoms with Gasteiger partial charge in [-0.3, -0.25) is 20.0 Å². The van der Waals surface area contributed by atoms with Gasteiger partial charge in [0.25, 0.3) is 0 Å². The Morgan fingerprint density at radius 3 is 2.42 bits per heavy atom. The summed E-state index contributed by atoms with van der Waals surface area (Å²) in [5, 5.41) is 9.95. The minimum absolute atomic E-state index is 0.148. The van der Waals surface area contributed by atoms with Crippen LogP contribution in [0.15, 0.2) is 78.0 Å². The lowest BCUT2D eigenvalue weighted by Gasteiger charge is -2.23. The highest BCUT2D eigenvalue weighted by Gasteiger charge is 2.31. The van der Waals surface area contributed by atoms with E-state index in [4.69, 9.17) is 0 Å². The number of benzene rings is 3. The number of carbonyl (C=O) groups excluding carboxylic acids is 2. The third-order valence-corrected chi connectivity index (χ3v) is 6.62. The van der Waals surface area contributed by atoms with Crippen LogP contribution in [0.5, 0.6) is 5.75 Å². The number of nitrogens with one attached hydrogen (secondary N) is 2. The van der Waals surface area contributed by atoms with Gasteiger partial charge in [-0.05, 0) is 73.7 Å². The van der Waals surface area contributed by atoms with Crippen LogP contribution in [0.25, 0.3) is 17.1 Å². The largest absolute Gasteiger partial charge is 0.573 e. The van der Waals surface area contributed by atoms with Crippen LogP contribution in [0.4, 0.5) is 23.7 Å². The highest BCUT2D eigenvalue weighted by Crippen LogP contribution is 2.25. The van der Waals surface area contributed by atoms with Gasteiger partial charge in [0, 0.05) is 18.7 Å². The summed E-state index contributed by atoms with van der Waals surface area (Å²) in [6.45, 7) is 6.53. The quantitative estimate of drug-likeness (QED) is 0.122. The molecule has 10 nitrogen and oxygen atoms in total. The summed E-state index contributed by atoms with van der Waals surface area (Å²) in [4.78, 5) is 34.9. The van der Waals surface area contributed by atoms with Crippen molar-refractivity contribution in [3.05, 3.63) is 89.7 Å². The molecule has 0 spiro atoms. The molecule has 1 heterocycles. The molecule has 0 atom stereocenters. The smallest absolute Gasteiger partial charge is 0.406 e. The Hall–Kier alpha value is -5.20. The fraction of sp³-hybridized carbons (Fsp3) is 0.281. The number of anilines is 1. The highest BCUT2D eigenvalue weighted by atomic mass is 19.4. The van der Waals surface area contributed by atoms with Crippen LogP contribution in [-0.2, 0) is 17.6 Å². The average Bonchev–Trinajstić information content (AvgIpc) is 3.49. The van der Waals surface area contributed by atoms with Gasteiger partial charge in [-0.1, -0.05) is 49.7 Å². The van der Waals surface area contributed by atoms with E-state index in [2.05, 4.69) is 37.4 Å². The first kappa shape index (κ1) is 32.7. The number of aliphatic imine (C=N–C) groups is 1. The standard InChI is InChI=1S/C32H34F3N7O3/c1-4-6-24-10-7-22(3)19-28(24)41(21-43)30(36-5-2)39-31(44)37-18-17-23-8-11-25(12-9-23)29-38-20-42(40-29)26-13-15-27(16-14-26)45-32(33,34)35/h7-16,19-21H,4-6,17-18H2,1-3H3,(H2,36,37,39,44). The van der Waals surface area contributed by atoms with Crippen molar-refractivity contribution < 1.29 is 27.5 Å². The molecule has 13 heteroatoms. The number of carbonyl (C=O) groups is 2. The fourth-order valence-electron chi connectivity index (χ4n) is 4.53. The van der Waals surface area contributed by atoms with Crippen molar-refractivity contribution in [3.8, 4) is 22.8 Å². The molecular weight excluding hydrogens is 587 g/mol. The van der Waals surface area contributed by atoms with Crippen molar-refractivity contribution in [2.75, 3.05) is 18.0 Å². The van der Waals surface area contributed by atoms with Crippen LogP contribution < -0.4 is 20.3 Å². The normalized spacial score (nSPS) is 11.6. The molecule has 0 aliphatic heterocycles. The molecule has 4 aromatic rings. The SMILES string of the molecule is CCCc1ccc(C)cc1N(C=O)C(=NCC)NC(=O)NCCc1ccc(-c2ncn(-c3ccc(OC(F)(F)F)cc3)n2)cc1. The van der Waals surface area contributed by atoms with Gasteiger partial charge in [-0.2, -0.15) is 0 Å². The molecule has 0 saturated carbocycles. The van der Waals surface area contributed by atoms with E-state index >= 15 is 0 Å². The second-order valence-electron chi connectivity index (χ2n) is 10.0. The third-order valence-electron chi connectivity index (χ3n) is 6.62. The number of amides is 3. The van der Waals surface area contributed by atoms with E-state index in [0.717, 1.165) is 35.1 Å². The van der Waals surface area contributed by atoms with Gasteiger partial charge >= 0.3 is 12.4 Å². The van der Waals surface area contributed by atoms with E-state index in [1.165, 1.54) is 40.2 Å². The van der Waals surface area contributed by atoms with Crippen molar-refractivity contribution in [2.24, 2.45) is 4.99 Å². The number of ether oxygens (including phenoxy) is 1. The van der Waals surface area contributed by atoms with Crippen LogP contribution in [-0.4, -0.2) is 52.6 Å². The molecule has 0 unspecified atom stereocenters. The molecule has 45 heavy (non-hydrogen) atoms. The molecule has 3 aromatic carbocycles. The van der Waals surface area contributed by atoms with E-state index in [-0.39, 0.29) is 11.7 Å². The topological polar surface area (TPSA) is 114 Å². The summed E-state index contributed by atoms with van der Waals surface area (Å²) >= 11 is 0. The van der Waals surface area contributed by atoms with Crippen molar-refractivity contribution in [2.45, 2.75) is 46.4 Å². The molecule has 0 aliphatic rings. The van der Waals surface area contributed by atoms with Gasteiger partial charge in [-0.15, -0.1) is 18.3 Å². The summed E-state index contributed by atoms with van der Waals surface area (Å²) in [6, 6.07) is 18.2. The first-order valence-corrected chi connectivity index (χ1v) is 14.4. The first-order valence-electron chi connectivity index (χ1n) is 14.4. The molecular formula is C32H34F3N7O3. The summed E-state index contributed by atoms with van der Waals surface area (Å²) in [6.07, 6.45) is -0.414. The molecule has 2 N–H and O–H groups in total. The van der Waals surface area contributed by atoms with Crippen LogP contribution in [0.1, 0.15) is 37.0 Å². The number of guanidine groups is 1. The number of alkyl halides is 3. The van der Waals surface area contributed by atoms with E-state index < -0.39 is 12.4 Å². The monoisotopic (exact) mass is 621 g/mol. The lowest BCUT2D eigenvalue weighted by molar-refractivity contribution is -0.274. The molecule has 0 fully saturated rings. The van der Waals surface area contributed by atoms with E-state index in [1.807, 2.05) is 56.3 Å². The number of hydrogen-bond donors (Lipinski definition) is 2. The second kappa shape index (κ2) is 15.0. The zero-order valence-corrected chi connectivity index (χ0v) is 25.1. The Balaban J connectivity index is 1.33. The number of rotatable bonds is 11. The van der Waals surface area contributed by atoms with Crippen molar-refractivity contribution in [1.82, 2.24) is 25.4 Å². The summed E-state index contributed by atoms with van der Waals surface area (Å²) in [7, 11) is 0. The molecule has 1 aromatic heterocycles. The van der Waals surface area contributed by atoms with Crippen LogP contribution in [0.2, 0.25) is 0 Å². The maximum Gasteiger partial charge on any atom is 0.573 e. The molecule has 0 aliphatic carbocycles. The van der Waals surface area contributed by atoms with E-state index in [1.54, 1.807) is 0 Å². The Labute approximate surface area is 258 Å². The number of hydrogen-bond acceptors (Lipinski definition) is 6. The van der Waals surface area contributed by atoms with Gasteiger partial charge in [0.1, 0.15) is 12.1 Å². The van der Waals surface area contributed by atoms with Gasteiger partial charge in [0.05, 0.1) is 11.4 Å². The lowest BCUT2D eigenvalue weighted by Crippen LogP contribution is -2.48. The molecule has 0 radical (unpaired) electrons. The molecule has 3 amide bonds. The number of aryl methyl sites for hydroxylation is 2. The Morgan fingerprint density at radius 1 is 1.04 bits per heavy atom. The molecule has 0 saturated heterocycles. The molecule has 0 bridgehead atoms. The van der Waals surface area contributed by atoms with Crippen LogP contribution in [0.3, 0.4) is 0 Å². The zero-order valence-electron chi connectivity index (χ0n) is 25.1. The van der Waals surface area contributed by atoms with Gasteiger partial charge in [0.15, 0.2) is 5.82 Å². The predicted molar refractivity (Wildman–Crippen MR) is 165 cm³/mol.